The Balaban J connectivity index is 1.44. The molecule has 5 rings (SSSR count). The number of fused-ring (bicyclic) bond motifs is 1. The van der Waals surface area contributed by atoms with E-state index in [2.05, 4.69) is 27.0 Å². The lowest BCUT2D eigenvalue weighted by atomic mass is 10.1. The summed E-state index contributed by atoms with van der Waals surface area (Å²) in [7, 11) is 0. The summed E-state index contributed by atoms with van der Waals surface area (Å²) in [5.74, 6) is 0.895. The second-order valence-electron chi connectivity index (χ2n) is 7.82. The minimum atomic E-state index is 0.0591. The minimum absolute atomic E-state index is 0.0591. The summed E-state index contributed by atoms with van der Waals surface area (Å²) in [5.41, 5.74) is 2.61. The Morgan fingerprint density at radius 1 is 0.903 bits per heavy atom. The molecule has 3 heterocycles. The maximum atomic E-state index is 12.9. The van der Waals surface area contributed by atoms with Crippen LogP contribution in [0.1, 0.15) is 17.3 Å². The first kappa shape index (κ1) is 19.2. The summed E-state index contributed by atoms with van der Waals surface area (Å²) < 4.78 is 0. The van der Waals surface area contributed by atoms with Gasteiger partial charge in [-0.3, -0.25) is 9.78 Å². The Morgan fingerprint density at radius 2 is 1.65 bits per heavy atom. The number of hydrogen-bond donors (Lipinski definition) is 0. The van der Waals surface area contributed by atoms with Crippen LogP contribution in [-0.4, -0.2) is 51.7 Å². The number of anilines is 1. The zero-order valence-corrected chi connectivity index (χ0v) is 17.3. The Morgan fingerprint density at radius 3 is 2.39 bits per heavy atom. The molecule has 6 nitrogen and oxygen atoms in total. The number of aromatic nitrogens is 3. The van der Waals surface area contributed by atoms with Gasteiger partial charge in [0.05, 0.1) is 0 Å². The first-order valence-corrected chi connectivity index (χ1v) is 10.5. The SMILES string of the molecule is C[C@H]1CN(c2nnc(-c3ccccc3)c3ccncc23)CCN1C(=O)c1ccccc1. The predicted octanol–water partition coefficient (Wildman–Crippen LogP) is 4.04. The fraction of sp³-hybridized carbons (Fsp3) is 0.200. The normalized spacial score (nSPS) is 16.5. The predicted molar refractivity (Wildman–Crippen MR) is 122 cm³/mol. The van der Waals surface area contributed by atoms with Gasteiger partial charge in [-0.15, -0.1) is 10.2 Å². The zero-order valence-electron chi connectivity index (χ0n) is 17.3. The van der Waals surface area contributed by atoms with Crippen LogP contribution in [0.3, 0.4) is 0 Å². The van der Waals surface area contributed by atoms with Crippen molar-refractivity contribution in [1.29, 1.82) is 0 Å². The first-order chi connectivity index (χ1) is 15.2. The molecule has 1 fully saturated rings. The zero-order chi connectivity index (χ0) is 21.2. The van der Waals surface area contributed by atoms with Crippen LogP contribution in [0.25, 0.3) is 22.0 Å². The standard InChI is InChI=1S/C25H23N5O/c1-18-17-29(14-15-30(18)25(31)20-10-6-3-7-11-20)24-22-16-26-13-12-21(22)23(27-28-24)19-8-4-2-5-9-19/h2-13,16,18H,14-15,17H2,1H3/t18-/m0/s1. The Bertz CT molecular complexity index is 1210. The number of nitrogens with zero attached hydrogens (tertiary/aromatic N) is 5. The van der Waals surface area contributed by atoms with E-state index in [1.54, 1.807) is 6.20 Å². The molecule has 6 heteroatoms. The van der Waals surface area contributed by atoms with Crippen molar-refractivity contribution in [2.45, 2.75) is 13.0 Å². The first-order valence-electron chi connectivity index (χ1n) is 10.5. The van der Waals surface area contributed by atoms with Crippen molar-refractivity contribution >= 4 is 22.5 Å². The van der Waals surface area contributed by atoms with Gasteiger partial charge >= 0.3 is 0 Å². The lowest BCUT2D eigenvalue weighted by Gasteiger charge is -2.40. The molecule has 1 saturated heterocycles. The van der Waals surface area contributed by atoms with Crippen molar-refractivity contribution in [2.24, 2.45) is 0 Å². The summed E-state index contributed by atoms with van der Waals surface area (Å²) >= 11 is 0. The molecular weight excluding hydrogens is 386 g/mol. The van der Waals surface area contributed by atoms with Crippen molar-refractivity contribution in [3.05, 3.63) is 84.7 Å². The van der Waals surface area contributed by atoms with E-state index in [1.165, 1.54) is 0 Å². The van der Waals surface area contributed by atoms with Crippen LogP contribution in [0.4, 0.5) is 5.82 Å². The van der Waals surface area contributed by atoms with Gasteiger partial charge in [-0.1, -0.05) is 48.5 Å². The minimum Gasteiger partial charge on any atom is -0.351 e. The maximum Gasteiger partial charge on any atom is 0.254 e. The molecule has 0 saturated carbocycles. The largest absolute Gasteiger partial charge is 0.351 e. The third-order valence-corrected chi connectivity index (χ3v) is 5.82. The number of piperazine rings is 1. The number of hydrogen-bond acceptors (Lipinski definition) is 5. The molecule has 4 aromatic rings. The molecule has 154 valence electrons. The van der Waals surface area contributed by atoms with E-state index in [0.29, 0.717) is 19.6 Å². The van der Waals surface area contributed by atoms with Gasteiger partial charge in [-0.05, 0) is 25.1 Å². The smallest absolute Gasteiger partial charge is 0.254 e. The van der Waals surface area contributed by atoms with Gasteiger partial charge in [-0.2, -0.15) is 0 Å². The highest BCUT2D eigenvalue weighted by molar-refractivity contribution is 6.00. The number of amides is 1. The quantitative estimate of drug-likeness (QED) is 0.511. The highest BCUT2D eigenvalue weighted by Crippen LogP contribution is 2.31. The van der Waals surface area contributed by atoms with Gasteiger partial charge in [-0.25, -0.2) is 0 Å². The molecule has 1 atom stereocenters. The summed E-state index contributed by atoms with van der Waals surface area (Å²) in [4.78, 5) is 21.4. The van der Waals surface area contributed by atoms with Crippen molar-refractivity contribution in [1.82, 2.24) is 20.1 Å². The molecule has 31 heavy (non-hydrogen) atoms. The average Bonchev–Trinajstić information content (AvgIpc) is 2.84. The summed E-state index contributed by atoms with van der Waals surface area (Å²) in [6.45, 7) is 4.12. The summed E-state index contributed by atoms with van der Waals surface area (Å²) in [6, 6.07) is 21.6. The van der Waals surface area contributed by atoms with Crippen molar-refractivity contribution in [3.63, 3.8) is 0 Å². The molecule has 2 aromatic carbocycles. The van der Waals surface area contributed by atoms with E-state index in [1.807, 2.05) is 77.8 Å². The van der Waals surface area contributed by atoms with Gasteiger partial charge in [0.25, 0.3) is 5.91 Å². The monoisotopic (exact) mass is 409 g/mol. The van der Waals surface area contributed by atoms with Crippen LogP contribution in [0.15, 0.2) is 79.1 Å². The van der Waals surface area contributed by atoms with Gasteiger partial charge < -0.3 is 9.80 Å². The molecule has 0 N–H and O–H groups in total. The Labute approximate surface area is 181 Å². The molecule has 0 spiro atoms. The van der Waals surface area contributed by atoms with Crippen molar-refractivity contribution in [2.75, 3.05) is 24.5 Å². The van der Waals surface area contributed by atoms with Crippen molar-refractivity contribution in [3.8, 4) is 11.3 Å². The highest BCUT2D eigenvalue weighted by atomic mass is 16.2. The number of carbonyl (C=O) groups is 1. The van der Waals surface area contributed by atoms with Gasteiger partial charge in [0.1, 0.15) is 5.69 Å². The summed E-state index contributed by atoms with van der Waals surface area (Å²) in [5, 5.41) is 11.2. The molecule has 0 radical (unpaired) electrons. The van der Waals surface area contributed by atoms with E-state index in [-0.39, 0.29) is 11.9 Å². The van der Waals surface area contributed by atoms with Crippen molar-refractivity contribution < 1.29 is 4.79 Å². The fourth-order valence-electron chi connectivity index (χ4n) is 4.23. The van der Waals surface area contributed by atoms with Gasteiger partial charge in [0.2, 0.25) is 0 Å². The number of carbonyl (C=O) groups excluding carboxylic acids is 1. The number of benzene rings is 2. The lowest BCUT2D eigenvalue weighted by molar-refractivity contribution is 0.0674. The van der Waals surface area contributed by atoms with Crippen LogP contribution in [0.5, 0.6) is 0 Å². The van der Waals surface area contributed by atoms with E-state index in [9.17, 15) is 4.79 Å². The molecule has 0 aliphatic carbocycles. The van der Waals surface area contributed by atoms with Crippen LogP contribution in [-0.2, 0) is 0 Å². The van der Waals surface area contributed by atoms with Gasteiger partial charge in [0, 0.05) is 60.0 Å². The third-order valence-electron chi connectivity index (χ3n) is 5.82. The topological polar surface area (TPSA) is 62.2 Å². The molecule has 1 aliphatic heterocycles. The average molecular weight is 409 g/mol. The third kappa shape index (κ3) is 3.61. The molecule has 0 unspecified atom stereocenters. The second kappa shape index (κ2) is 8.14. The number of rotatable bonds is 3. The molecule has 1 aliphatic rings. The summed E-state index contributed by atoms with van der Waals surface area (Å²) in [6.07, 6.45) is 3.65. The van der Waals surface area contributed by atoms with E-state index < -0.39 is 0 Å². The van der Waals surface area contributed by atoms with Crippen LogP contribution in [0, 0.1) is 0 Å². The number of pyridine rings is 1. The second-order valence-corrected chi connectivity index (χ2v) is 7.82. The van der Waals surface area contributed by atoms with Crippen LogP contribution in [0.2, 0.25) is 0 Å². The molecule has 0 bridgehead atoms. The highest BCUT2D eigenvalue weighted by Gasteiger charge is 2.30. The van der Waals surface area contributed by atoms with Crippen LogP contribution >= 0.6 is 0 Å². The Kier molecular flexibility index (Phi) is 5.04. The molecular formula is C25H23N5O. The fourth-order valence-corrected chi connectivity index (χ4v) is 4.23. The maximum absolute atomic E-state index is 12.9. The Hall–Kier alpha value is -3.80. The van der Waals surface area contributed by atoms with Gasteiger partial charge in [0.15, 0.2) is 5.82 Å². The van der Waals surface area contributed by atoms with E-state index >= 15 is 0 Å². The molecule has 1 amide bonds. The van der Waals surface area contributed by atoms with Crippen LogP contribution < -0.4 is 4.90 Å². The van der Waals surface area contributed by atoms with E-state index in [0.717, 1.165) is 33.4 Å². The lowest BCUT2D eigenvalue weighted by Crippen LogP contribution is -2.54. The van der Waals surface area contributed by atoms with E-state index in [4.69, 9.17) is 0 Å². The molecule has 2 aromatic heterocycles.